The maximum absolute atomic E-state index is 5.32. The van der Waals surface area contributed by atoms with Crippen LogP contribution in [-0.4, -0.2) is 10.5 Å². The zero-order chi connectivity index (χ0) is 7.98. The molecule has 0 aromatic heterocycles. The van der Waals surface area contributed by atoms with Crippen LogP contribution in [-0.2, 0) is 0 Å². The number of hydrogen-bond donors (Lipinski definition) is 0. The Kier molecular flexibility index (Phi) is 5.63. The Labute approximate surface area is 68.8 Å². The maximum Gasteiger partial charge on any atom is 0.0654 e. The van der Waals surface area contributed by atoms with E-state index >= 15 is 0 Å². The SMILES string of the molecule is C#CC(CC)SC(C)CC. The largest absolute Gasteiger partial charge is 0.142 e. The molecule has 58 valence electrons. The van der Waals surface area contributed by atoms with Crippen molar-refractivity contribution in [3.8, 4) is 12.3 Å². The van der Waals surface area contributed by atoms with E-state index < -0.39 is 0 Å². The Morgan fingerprint density at radius 2 is 2.00 bits per heavy atom. The molecule has 0 N–H and O–H groups in total. The van der Waals surface area contributed by atoms with Crippen LogP contribution in [0.1, 0.15) is 33.6 Å². The van der Waals surface area contributed by atoms with Crippen LogP contribution in [0.5, 0.6) is 0 Å². The van der Waals surface area contributed by atoms with Gasteiger partial charge in [-0.2, -0.15) is 0 Å². The summed E-state index contributed by atoms with van der Waals surface area (Å²) in [4.78, 5) is 0. The first-order chi connectivity index (χ1) is 4.74. The quantitative estimate of drug-likeness (QED) is 0.564. The van der Waals surface area contributed by atoms with Crippen molar-refractivity contribution in [1.29, 1.82) is 0 Å². The minimum atomic E-state index is 0.426. The minimum Gasteiger partial charge on any atom is -0.142 e. The van der Waals surface area contributed by atoms with Crippen LogP contribution in [0.25, 0.3) is 0 Å². The van der Waals surface area contributed by atoms with Crippen molar-refractivity contribution >= 4 is 11.8 Å². The molecule has 0 radical (unpaired) electrons. The first-order valence-corrected chi connectivity index (χ1v) is 4.80. The Morgan fingerprint density at radius 1 is 1.40 bits per heavy atom. The lowest BCUT2D eigenvalue weighted by Crippen LogP contribution is -2.03. The zero-order valence-corrected chi connectivity index (χ0v) is 7.87. The van der Waals surface area contributed by atoms with E-state index in [1.54, 1.807) is 0 Å². The van der Waals surface area contributed by atoms with Gasteiger partial charge in [-0.1, -0.05) is 26.7 Å². The lowest BCUT2D eigenvalue weighted by molar-refractivity contribution is 0.890. The third-order valence-corrected chi connectivity index (χ3v) is 3.12. The second kappa shape index (κ2) is 5.68. The molecule has 0 aliphatic rings. The third-order valence-electron chi connectivity index (χ3n) is 1.53. The smallest absolute Gasteiger partial charge is 0.0654 e. The summed E-state index contributed by atoms with van der Waals surface area (Å²) in [7, 11) is 0. The molecule has 0 rings (SSSR count). The Hall–Kier alpha value is -0.0900. The van der Waals surface area contributed by atoms with Crippen molar-refractivity contribution in [2.24, 2.45) is 0 Å². The van der Waals surface area contributed by atoms with E-state index in [1.165, 1.54) is 6.42 Å². The first-order valence-electron chi connectivity index (χ1n) is 3.86. The van der Waals surface area contributed by atoms with Gasteiger partial charge in [-0.05, 0) is 12.8 Å². The fraction of sp³-hybridized carbons (Fsp3) is 0.778. The Morgan fingerprint density at radius 3 is 2.30 bits per heavy atom. The van der Waals surface area contributed by atoms with E-state index in [0.717, 1.165) is 6.42 Å². The molecule has 2 unspecified atom stereocenters. The van der Waals surface area contributed by atoms with E-state index in [1.807, 2.05) is 11.8 Å². The van der Waals surface area contributed by atoms with E-state index in [2.05, 4.69) is 26.7 Å². The van der Waals surface area contributed by atoms with Crippen molar-refractivity contribution in [3.05, 3.63) is 0 Å². The maximum atomic E-state index is 5.32. The van der Waals surface area contributed by atoms with Gasteiger partial charge in [-0.3, -0.25) is 0 Å². The van der Waals surface area contributed by atoms with Crippen molar-refractivity contribution in [1.82, 2.24) is 0 Å². The Bertz CT molecular complexity index is 112. The number of hydrogen-bond acceptors (Lipinski definition) is 1. The normalized spacial score (nSPS) is 15.8. The predicted molar refractivity (Wildman–Crippen MR) is 50.3 cm³/mol. The molecule has 0 spiro atoms. The highest BCUT2D eigenvalue weighted by Gasteiger charge is 2.06. The molecule has 2 atom stereocenters. The number of thioether (sulfide) groups is 1. The molecule has 0 amide bonds. The van der Waals surface area contributed by atoms with Crippen LogP contribution in [0.15, 0.2) is 0 Å². The summed E-state index contributed by atoms with van der Waals surface area (Å²) in [5, 5.41) is 1.14. The van der Waals surface area contributed by atoms with E-state index in [-0.39, 0.29) is 0 Å². The van der Waals surface area contributed by atoms with Crippen LogP contribution in [0.4, 0.5) is 0 Å². The zero-order valence-electron chi connectivity index (χ0n) is 7.05. The molecule has 0 saturated heterocycles. The van der Waals surface area contributed by atoms with Gasteiger partial charge >= 0.3 is 0 Å². The molecule has 0 aromatic carbocycles. The summed E-state index contributed by atoms with van der Waals surface area (Å²) < 4.78 is 0. The van der Waals surface area contributed by atoms with Gasteiger partial charge in [0.1, 0.15) is 0 Å². The highest BCUT2D eigenvalue weighted by molar-refractivity contribution is 8.00. The molecule has 0 aliphatic heterocycles. The van der Waals surface area contributed by atoms with Gasteiger partial charge in [0.25, 0.3) is 0 Å². The van der Waals surface area contributed by atoms with Crippen LogP contribution in [0.2, 0.25) is 0 Å². The average molecular weight is 156 g/mol. The predicted octanol–water partition coefficient (Wildman–Crippen LogP) is 2.93. The monoisotopic (exact) mass is 156 g/mol. The van der Waals surface area contributed by atoms with Gasteiger partial charge in [0.2, 0.25) is 0 Å². The molecular formula is C9H16S. The molecule has 0 aliphatic carbocycles. The topological polar surface area (TPSA) is 0 Å². The van der Waals surface area contributed by atoms with Gasteiger partial charge < -0.3 is 0 Å². The summed E-state index contributed by atoms with van der Waals surface area (Å²) in [6, 6.07) is 0. The molecule has 1 heteroatoms. The van der Waals surface area contributed by atoms with Crippen LogP contribution >= 0.6 is 11.8 Å². The highest BCUT2D eigenvalue weighted by atomic mass is 32.2. The second-order valence-corrected chi connectivity index (χ2v) is 4.06. The minimum absolute atomic E-state index is 0.426. The number of rotatable bonds is 4. The van der Waals surface area contributed by atoms with Gasteiger partial charge in [0.15, 0.2) is 0 Å². The molecule has 0 aromatic rings. The first kappa shape index (κ1) is 9.91. The molecule has 0 heterocycles. The summed E-state index contributed by atoms with van der Waals surface area (Å²) in [6.45, 7) is 6.56. The molecule has 0 nitrogen and oxygen atoms in total. The molecule has 0 saturated carbocycles. The second-order valence-electron chi connectivity index (χ2n) is 2.42. The fourth-order valence-corrected chi connectivity index (χ4v) is 1.65. The van der Waals surface area contributed by atoms with Crippen molar-refractivity contribution < 1.29 is 0 Å². The van der Waals surface area contributed by atoms with Crippen LogP contribution in [0, 0.1) is 12.3 Å². The van der Waals surface area contributed by atoms with E-state index in [4.69, 9.17) is 6.42 Å². The molecule has 0 fully saturated rings. The average Bonchev–Trinajstić information content (AvgIpc) is 1.99. The van der Waals surface area contributed by atoms with Crippen LogP contribution < -0.4 is 0 Å². The third kappa shape index (κ3) is 3.85. The van der Waals surface area contributed by atoms with Crippen LogP contribution in [0.3, 0.4) is 0 Å². The summed E-state index contributed by atoms with van der Waals surface area (Å²) >= 11 is 1.91. The van der Waals surface area contributed by atoms with Crippen molar-refractivity contribution in [2.45, 2.75) is 44.1 Å². The number of terminal acetylenes is 1. The van der Waals surface area contributed by atoms with Gasteiger partial charge in [0.05, 0.1) is 5.25 Å². The van der Waals surface area contributed by atoms with E-state index in [0.29, 0.717) is 10.5 Å². The molecule has 0 bridgehead atoms. The summed E-state index contributed by atoms with van der Waals surface area (Å²) in [5.74, 6) is 2.78. The van der Waals surface area contributed by atoms with Crippen molar-refractivity contribution in [2.75, 3.05) is 0 Å². The van der Waals surface area contributed by atoms with Gasteiger partial charge in [0, 0.05) is 5.25 Å². The lowest BCUT2D eigenvalue weighted by atomic mass is 10.3. The standard InChI is InChI=1S/C9H16S/c1-5-8(4)10-9(6-2)7-3/h2,8-9H,5,7H2,1,3-4H3. The lowest BCUT2D eigenvalue weighted by Gasteiger charge is -2.12. The molecular weight excluding hydrogens is 140 g/mol. The van der Waals surface area contributed by atoms with Gasteiger partial charge in [-0.25, -0.2) is 0 Å². The summed E-state index contributed by atoms with van der Waals surface area (Å²) in [5.41, 5.74) is 0. The Balaban J connectivity index is 3.54. The fourth-order valence-electron chi connectivity index (χ4n) is 0.630. The molecule has 10 heavy (non-hydrogen) atoms. The highest BCUT2D eigenvalue weighted by Crippen LogP contribution is 2.21. The van der Waals surface area contributed by atoms with Crippen molar-refractivity contribution in [3.63, 3.8) is 0 Å². The van der Waals surface area contributed by atoms with Gasteiger partial charge in [-0.15, -0.1) is 18.2 Å². The summed E-state index contributed by atoms with van der Waals surface area (Å²) in [6.07, 6.45) is 7.62. The van der Waals surface area contributed by atoms with E-state index in [9.17, 15) is 0 Å².